The maximum absolute atomic E-state index is 12.3. The van der Waals surface area contributed by atoms with Gasteiger partial charge in [0.15, 0.2) is 0 Å². The monoisotopic (exact) mass is 236 g/mol. The van der Waals surface area contributed by atoms with Crippen molar-refractivity contribution in [2.45, 2.75) is 46.2 Å². The van der Waals surface area contributed by atoms with E-state index in [0.29, 0.717) is 6.42 Å². The van der Waals surface area contributed by atoms with E-state index in [-0.39, 0.29) is 23.8 Å². The van der Waals surface area contributed by atoms with Gasteiger partial charge < -0.3 is 10.2 Å². The van der Waals surface area contributed by atoms with Crippen LogP contribution in [0.25, 0.3) is 0 Å². The van der Waals surface area contributed by atoms with Crippen molar-refractivity contribution in [3.05, 3.63) is 0 Å². The minimum atomic E-state index is -0.494. The number of amides is 2. The third-order valence-electron chi connectivity index (χ3n) is 3.01. The van der Waals surface area contributed by atoms with Gasteiger partial charge in [-0.25, -0.2) is 0 Å². The van der Waals surface area contributed by atoms with Crippen LogP contribution in [0.5, 0.6) is 0 Å². The van der Waals surface area contributed by atoms with Crippen LogP contribution in [0.15, 0.2) is 0 Å². The molecular formula is C13H20N2O2. The number of carbonyl (C=O) groups excluding carboxylic acids is 2. The van der Waals surface area contributed by atoms with Crippen LogP contribution in [-0.4, -0.2) is 35.3 Å². The fourth-order valence-electron chi connectivity index (χ4n) is 2.04. The topological polar surface area (TPSA) is 49.4 Å². The largest absolute Gasteiger partial charge is 0.342 e. The van der Waals surface area contributed by atoms with Crippen LogP contribution in [0.2, 0.25) is 0 Å². The molecule has 2 unspecified atom stereocenters. The first-order chi connectivity index (χ1) is 7.82. The summed E-state index contributed by atoms with van der Waals surface area (Å²) in [4.78, 5) is 25.7. The van der Waals surface area contributed by atoms with E-state index in [0.717, 1.165) is 0 Å². The smallest absolute Gasteiger partial charge is 0.247 e. The van der Waals surface area contributed by atoms with Crippen LogP contribution in [0.1, 0.15) is 34.1 Å². The number of hydrogen-bond acceptors (Lipinski definition) is 2. The quantitative estimate of drug-likeness (QED) is 0.720. The summed E-state index contributed by atoms with van der Waals surface area (Å²) in [6.45, 7) is 7.85. The van der Waals surface area contributed by atoms with E-state index in [9.17, 15) is 9.59 Å². The SMILES string of the molecule is C#CCN1C(=O)C(C(C)(C)C)NC(=O)C1CC. The summed E-state index contributed by atoms with van der Waals surface area (Å²) >= 11 is 0. The zero-order valence-electron chi connectivity index (χ0n) is 10.9. The minimum Gasteiger partial charge on any atom is -0.342 e. The Labute approximate surface area is 103 Å². The van der Waals surface area contributed by atoms with Crippen LogP contribution in [0.4, 0.5) is 0 Å². The van der Waals surface area contributed by atoms with Crippen LogP contribution in [0.3, 0.4) is 0 Å². The molecule has 0 aromatic heterocycles. The standard InChI is InChI=1S/C13H20N2O2/c1-6-8-15-9(7-2)11(16)14-10(12(15)17)13(3,4)5/h1,9-10H,7-8H2,2-5H3,(H,14,16). The molecule has 1 fully saturated rings. The lowest BCUT2D eigenvalue weighted by atomic mass is 9.83. The average Bonchev–Trinajstić information content (AvgIpc) is 2.22. The first kappa shape index (κ1) is 13.6. The van der Waals surface area contributed by atoms with E-state index in [1.54, 1.807) is 0 Å². The molecule has 0 aromatic carbocycles. The summed E-state index contributed by atoms with van der Waals surface area (Å²) in [7, 11) is 0. The Hall–Kier alpha value is -1.50. The molecule has 0 radical (unpaired) electrons. The van der Waals surface area contributed by atoms with Gasteiger partial charge in [0.2, 0.25) is 11.8 Å². The number of piperazine rings is 1. The molecule has 1 rings (SSSR count). The number of carbonyl (C=O) groups is 2. The van der Waals surface area contributed by atoms with Crippen LogP contribution < -0.4 is 5.32 Å². The summed E-state index contributed by atoms with van der Waals surface area (Å²) in [6, 6.07) is -0.928. The third-order valence-corrected chi connectivity index (χ3v) is 3.01. The summed E-state index contributed by atoms with van der Waals surface area (Å²) in [5.74, 6) is 2.26. The van der Waals surface area contributed by atoms with Gasteiger partial charge in [-0.3, -0.25) is 9.59 Å². The fourth-order valence-corrected chi connectivity index (χ4v) is 2.04. The predicted molar refractivity (Wildman–Crippen MR) is 66.0 cm³/mol. The van der Waals surface area contributed by atoms with Gasteiger partial charge in [-0.15, -0.1) is 6.42 Å². The maximum Gasteiger partial charge on any atom is 0.247 e. The normalized spacial score (nSPS) is 25.5. The van der Waals surface area contributed by atoms with Crippen molar-refractivity contribution in [3.8, 4) is 12.3 Å². The average molecular weight is 236 g/mol. The van der Waals surface area contributed by atoms with Crippen molar-refractivity contribution in [3.63, 3.8) is 0 Å². The molecule has 1 aliphatic heterocycles. The molecule has 1 aliphatic rings. The molecule has 17 heavy (non-hydrogen) atoms. The van der Waals surface area contributed by atoms with Crippen molar-refractivity contribution in [1.29, 1.82) is 0 Å². The van der Waals surface area contributed by atoms with E-state index < -0.39 is 12.1 Å². The van der Waals surface area contributed by atoms with Gasteiger partial charge in [-0.2, -0.15) is 0 Å². The Bertz CT molecular complexity index is 363. The lowest BCUT2D eigenvalue weighted by Gasteiger charge is -2.42. The van der Waals surface area contributed by atoms with Gasteiger partial charge in [0.1, 0.15) is 12.1 Å². The molecule has 0 aliphatic carbocycles. The molecule has 94 valence electrons. The Morgan fingerprint density at radius 1 is 1.41 bits per heavy atom. The van der Waals surface area contributed by atoms with Crippen LogP contribution in [0, 0.1) is 17.8 Å². The minimum absolute atomic E-state index is 0.0816. The molecule has 4 heteroatoms. The number of terminal acetylenes is 1. The number of rotatable bonds is 2. The van der Waals surface area contributed by atoms with Crippen molar-refractivity contribution < 1.29 is 9.59 Å². The first-order valence-corrected chi connectivity index (χ1v) is 5.87. The molecule has 0 aromatic rings. The van der Waals surface area contributed by atoms with E-state index in [1.807, 2.05) is 27.7 Å². The molecule has 0 saturated carbocycles. The molecule has 0 spiro atoms. The highest BCUT2D eigenvalue weighted by Gasteiger charge is 2.44. The lowest BCUT2D eigenvalue weighted by Crippen LogP contribution is -2.66. The second kappa shape index (κ2) is 4.79. The highest BCUT2D eigenvalue weighted by Crippen LogP contribution is 2.25. The van der Waals surface area contributed by atoms with Gasteiger partial charge >= 0.3 is 0 Å². The summed E-state index contributed by atoms with van der Waals surface area (Å²) < 4.78 is 0. The maximum atomic E-state index is 12.3. The first-order valence-electron chi connectivity index (χ1n) is 5.87. The zero-order chi connectivity index (χ0) is 13.2. The molecule has 4 nitrogen and oxygen atoms in total. The molecule has 2 atom stereocenters. The zero-order valence-corrected chi connectivity index (χ0v) is 10.9. The van der Waals surface area contributed by atoms with Gasteiger partial charge in [0.05, 0.1) is 6.54 Å². The molecule has 1 saturated heterocycles. The number of nitrogens with one attached hydrogen (secondary N) is 1. The molecule has 1 N–H and O–H groups in total. The van der Waals surface area contributed by atoms with Crippen LogP contribution in [-0.2, 0) is 9.59 Å². The van der Waals surface area contributed by atoms with Crippen molar-refractivity contribution >= 4 is 11.8 Å². The number of nitrogens with zero attached hydrogens (tertiary/aromatic N) is 1. The number of hydrogen-bond donors (Lipinski definition) is 1. The van der Waals surface area contributed by atoms with Crippen molar-refractivity contribution in [2.75, 3.05) is 6.54 Å². The van der Waals surface area contributed by atoms with E-state index in [4.69, 9.17) is 6.42 Å². The van der Waals surface area contributed by atoms with Crippen LogP contribution >= 0.6 is 0 Å². The molecule has 1 heterocycles. The predicted octanol–water partition coefficient (Wildman–Crippen LogP) is 0.771. The fraction of sp³-hybridized carbons (Fsp3) is 0.692. The molecule has 2 amide bonds. The summed E-state index contributed by atoms with van der Waals surface area (Å²) in [5, 5.41) is 2.80. The Morgan fingerprint density at radius 3 is 2.41 bits per heavy atom. The van der Waals surface area contributed by atoms with Gasteiger partial charge in [0.25, 0.3) is 0 Å². The molecule has 0 bridgehead atoms. The summed E-state index contributed by atoms with van der Waals surface area (Å²) in [5.41, 5.74) is -0.307. The summed E-state index contributed by atoms with van der Waals surface area (Å²) in [6.07, 6.45) is 5.84. The Morgan fingerprint density at radius 2 is 2.00 bits per heavy atom. The van der Waals surface area contributed by atoms with Crippen molar-refractivity contribution in [2.24, 2.45) is 5.41 Å². The Balaban J connectivity index is 3.03. The van der Waals surface area contributed by atoms with Crippen molar-refractivity contribution in [1.82, 2.24) is 10.2 Å². The highest BCUT2D eigenvalue weighted by molar-refractivity contribution is 5.97. The third kappa shape index (κ3) is 2.60. The van der Waals surface area contributed by atoms with Gasteiger partial charge in [-0.05, 0) is 11.8 Å². The van der Waals surface area contributed by atoms with E-state index in [1.165, 1.54) is 4.90 Å². The second-order valence-electron chi connectivity index (χ2n) is 5.40. The van der Waals surface area contributed by atoms with Gasteiger partial charge in [0, 0.05) is 0 Å². The lowest BCUT2D eigenvalue weighted by molar-refractivity contribution is -0.151. The highest BCUT2D eigenvalue weighted by atomic mass is 16.2. The Kier molecular flexibility index (Phi) is 3.82. The van der Waals surface area contributed by atoms with Gasteiger partial charge in [-0.1, -0.05) is 33.6 Å². The van der Waals surface area contributed by atoms with E-state index in [2.05, 4.69) is 11.2 Å². The second-order valence-corrected chi connectivity index (χ2v) is 5.40. The van der Waals surface area contributed by atoms with E-state index >= 15 is 0 Å². The molecular weight excluding hydrogens is 216 g/mol.